The zero-order chi connectivity index (χ0) is 19.2. The van der Waals surface area contributed by atoms with E-state index < -0.39 is 0 Å². The Labute approximate surface area is 163 Å². The summed E-state index contributed by atoms with van der Waals surface area (Å²) in [7, 11) is 0. The summed E-state index contributed by atoms with van der Waals surface area (Å²) in [6.45, 7) is 0. The zero-order valence-electron chi connectivity index (χ0n) is 15.4. The number of nitrogens with one attached hydrogen (secondary N) is 3. The molecule has 140 valence electrons. The first-order valence-corrected chi connectivity index (χ1v) is 9.38. The zero-order valence-corrected chi connectivity index (χ0v) is 15.4. The summed E-state index contributed by atoms with van der Waals surface area (Å²) in [5.74, 6) is 1.33. The average Bonchev–Trinajstić information content (AvgIpc) is 3.23. The van der Waals surface area contributed by atoms with Gasteiger partial charge >= 0.3 is 0 Å². The van der Waals surface area contributed by atoms with Crippen LogP contribution in [0, 0.1) is 11.3 Å². The van der Waals surface area contributed by atoms with Gasteiger partial charge in [0, 0.05) is 12.4 Å². The Morgan fingerprint density at radius 2 is 2.11 bits per heavy atom. The molecule has 3 N–H and O–H groups in total. The van der Waals surface area contributed by atoms with Crippen LogP contribution in [0.15, 0.2) is 65.7 Å². The molecule has 28 heavy (non-hydrogen) atoms. The van der Waals surface area contributed by atoms with Crippen LogP contribution in [-0.4, -0.2) is 22.0 Å². The number of pyridine rings is 2. The van der Waals surface area contributed by atoms with Gasteiger partial charge in [0.05, 0.1) is 29.3 Å². The first-order valence-electron chi connectivity index (χ1n) is 9.38. The molecule has 1 saturated carbocycles. The van der Waals surface area contributed by atoms with Crippen LogP contribution in [0.3, 0.4) is 0 Å². The van der Waals surface area contributed by atoms with Crippen molar-refractivity contribution in [2.75, 3.05) is 5.32 Å². The van der Waals surface area contributed by atoms with E-state index in [0.717, 1.165) is 18.5 Å². The number of hydrogen-bond donors (Lipinski definition) is 3. The van der Waals surface area contributed by atoms with Gasteiger partial charge in [0.2, 0.25) is 0 Å². The second-order valence-electron chi connectivity index (χ2n) is 6.69. The number of guanidine groups is 1. The van der Waals surface area contributed by atoms with Crippen LogP contribution in [0.5, 0.6) is 0 Å². The molecule has 2 aromatic rings. The van der Waals surface area contributed by atoms with Gasteiger partial charge in [-0.05, 0) is 43.2 Å². The largest absolute Gasteiger partial charge is 0.339 e. The van der Waals surface area contributed by atoms with E-state index in [1.807, 2.05) is 36.4 Å². The maximum atomic E-state index is 9.77. The third-order valence-corrected chi connectivity index (χ3v) is 4.68. The average molecular weight is 371 g/mol. The summed E-state index contributed by atoms with van der Waals surface area (Å²) in [6.07, 6.45) is 11.8. The predicted octanol–water partition coefficient (Wildman–Crippen LogP) is 3.46. The van der Waals surface area contributed by atoms with E-state index in [-0.39, 0.29) is 0 Å². The molecule has 1 aliphatic carbocycles. The smallest absolute Gasteiger partial charge is 0.200 e. The van der Waals surface area contributed by atoms with Crippen molar-refractivity contribution >= 4 is 23.0 Å². The minimum absolute atomic E-state index is 0.346. The molecular formula is C21H21N7. The van der Waals surface area contributed by atoms with Crippen molar-refractivity contribution in [2.45, 2.75) is 31.7 Å². The SMILES string of the molecule is N#CC(=C1C=CNC(=NC2CCCC2)N1)c1cccc(Nc2cccnc2)n1. The van der Waals surface area contributed by atoms with Crippen molar-refractivity contribution in [3.05, 3.63) is 66.4 Å². The fraction of sp³-hybridized carbons (Fsp3) is 0.238. The molecule has 7 nitrogen and oxygen atoms in total. The molecule has 2 aromatic heterocycles. The number of anilines is 2. The van der Waals surface area contributed by atoms with Crippen molar-refractivity contribution in [3.8, 4) is 6.07 Å². The van der Waals surface area contributed by atoms with Crippen molar-refractivity contribution in [3.63, 3.8) is 0 Å². The highest BCUT2D eigenvalue weighted by Gasteiger charge is 2.18. The van der Waals surface area contributed by atoms with Gasteiger partial charge < -0.3 is 16.0 Å². The minimum atomic E-state index is 0.346. The predicted molar refractivity (Wildman–Crippen MR) is 109 cm³/mol. The van der Waals surface area contributed by atoms with Crippen LogP contribution in [0.4, 0.5) is 11.5 Å². The van der Waals surface area contributed by atoms with Crippen LogP contribution in [-0.2, 0) is 0 Å². The Hall–Kier alpha value is -3.66. The summed E-state index contributed by atoms with van der Waals surface area (Å²) in [4.78, 5) is 13.4. The number of aromatic nitrogens is 2. The highest BCUT2D eigenvalue weighted by Crippen LogP contribution is 2.22. The van der Waals surface area contributed by atoms with Crippen LogP contribution < -0.4 is 16.0 Å². The van der Waals surface area contributed by atoms with Gasteiger partial charge in [-0.3, -0.25) is 4.98 Å². The number of aliphatic imine (C=N–C) groups is 1. The van der Waals surface area contributed by atoms with E-state index in [0.29, 0.717) is 34.8 Å². The number of nitriles is 1. The van der Waals surface area contributed by atoms with E-state index in [9.17, 15) is 5.26 Å². The maximum absolute atomic E-state index is 9.77. The molecule has 0 unspecified atom stereocenters. The summed E-state index contributed by atoms with van der Waals surface area (Å²) in [5.41, 5.74) is 2.57. The molecular weight excluding hydrogens is 350 g/mol. The first kappa shape index (κ1) is 17.7. The second-order valence-corrected chi connectivity index (χ2v) is 6.69. The Balaban J connectivity index is 1.59. The highest BCUT2D eigenvalue weighted by atomic mass is 15.2. The topological polar surface area (TPSA) is 98.0 Å². The molecule has 0 amide bonds. The lowest BCUT2D eigenvalue weighted by atomic mass is 10.1. The molecule has 4 rings (SSSR count). The van der Waals surface area contributed by atoms with Crippen LogP contribution in [0.25, 0.3) is 5.57 Å². The first-order chi connectivity index (χ1) is 13.8. The van der Waals surface area contributed by atoms with Crippen molar-refractivity contribution in [1.82, 2.24) is 20.6 Å². The van der Waals surface area contributed by atoms with Gasteiger partial charge in [-0.2, -0.15) is 5.26 Å². The summed E-state index contributed by atoms with van der Waals surface area (Å²) in [5, 5.41) is 19.3. The second kappa shape index (κ2) is 8.35. The fourth-order valence-electron chi connectivity index (χ4n) is 3.32. The van der Waals surface area contributed by atoms with Crippen molar-refractivity contribution in [1.29, 1.82) is 5.26 Å². The fourth-order valence-corrected chi connectivity index (χ4v) is 3.32. The standard InChI is InChI=1S/C21H21N7/c22-13-17(19-10-12-24-21(28-19)26-15-5-1-2-6-15)18-8-3-9-20(27-18)25-16-7-4-11-23-14-16/h3-4,7-12,14-15H,1-2,5-6H2,(H,25,27)(H2,24,26,28). The van der Waals surface area contributed by atoms with Gasteiger partial charge in [-0.1, -0.05) is 18.9 Å². The normalized spacial score (nSPS) is 19.6. The molecule has 1 fully saturated rings. The lowest BCUT2D eigenvalue weighted by Gasteiger charge is -2.18. The molecule has 0 bridgehead atoms. The lowest BCUT2D eigenvalue weighted by Crippen LogP contribution is -2.38. The third-order valence-electron chi connectivity index (χ3n) is 4.68. The van der Waals surface area contributed by atoms with Crippen LogP contribution in [0.1, 0.15) is 31.4 Å². The van der Waals surface area contributed by atoms with E-state index in [4.69, 9.17) is 4.99 Å². The quantitative estimate of drug-likeness (QED) is 0.712. The van der Waals surface area contributed by atoms with E-state index in [2.05, 4.69) is 32.0 Å². The van der Waals surface area contributed by atoms with Gasteiger partial charge in [-0.15, -0.1) is 0 Å². The highest BCUT2D eigenvalue weighted by molar-refractivity contribution is 5.90. The molecule has 3 heterocycles. The van der Waals surface area contributed by atoms with Gasteiger partial charge in [0.1, 0.15) is 17.5 Å². The minimum Gasteiger partial charge on any atom is -0.339 e. The van der Waals surface area contributed by atoms with Crippen LogP contribution >= 0.6 is 0 Å². The Morgan fingerprint density at radius 1 is 1.21 bits per heavy atom. The molecule has 2 aliphatic rings. The monoisotopic (exact) mass is 371 g/mol. The van der Waals surface area contributed by atoms with E-state index in [1.165, 1.54) is 12.8 Å². The van der Waals surface area contributed by atoms with E-state index in [1.54, 1.807) is 18.6 Å². The Kier molecular flexibility index (Phi) is 5.29. The number of rotatable bonds is 4. The number of nitrogens with zero attached hydrogens (tertiary/aromatic N) is 4. The lowest BCUT2D eigenvalue weighted by molar-refractivity contribution is 0.696. The molecule has 0 atom stereocenters. The maximum Gasteiger partial charge on any atom is 0.200 e. The van der Waals surface area contributed by atoms with Crippen molar-refractivity contribution in [2.24, 2.45) is 4.99 Å². The molecule has 0 spiro atoms. The Bertz CT molecular complexity index is 964. The van der Waals surface area contributed by atoms with Gasteiger partial charge in [0.25, 0.3) is 0 Å². The van der Waals surface area contributed by atoms with Gasteiger partial charge in [-0.25, -0.2) is 9.98 Å². The number of allylic oxidation sites excluding steroid dienone is 2. The van der Waals surface area contributed by atoms with Crippen molar-refractivity contribution < 1.29 is 0 Å². The molecule has 7 heteroatoms. The molecule has 0 saturated heterocycles. The van der Waals surface area contributed by atoms with Crippen LogP contribution in [0.2, 0.25) is 0 Å². The molecule has 0 radical (unpaired) electrons. The van der Waals surface area contributed by atoms with Gasteiger partial charge in [0.15, 0.2) is 5.96 Å². The summed E-state index contributed by atoms with van der Waals surface area (Å²) >= 11 is 0. The summed E-state index contributed by atoms with van der Waals surface area (Å²) < 4.78 is 0. The number of hydrogen-bond acceptors (Lipinski definition) is 5. The summed E-state index contributed by atoms with van der Waals surface area (Å²) in [6, 6.07) is 11.9. The van der Waals surface area contributed by atoms with E-state index >= 15 is 0 Å². The Morgan fingerprint density at radius 3 is 2.89 bits per heavy atom. The molecule has 1 aliphatic heterocycles. The molecule has 0 aromatic carbocycles. The third kappa shape index (κ3) is 4.18.